The summed E-state index contributed by atoms with van der Waals surface area (Å²) in [7, 11) is 1.29. The molecule has 0 aliphatic heterocycles. The Morgan fingerprint density at radius 3 is 2.66 bits per heavy atom. The van der Waals surface area contributed by atoms with Crippen molar-refractivity contribution in [1.29, 1.82) is 0 Å². The van der Waals surface area contributed by atoms with Gasteiger partial charge < -0.3 is 15.4 Å². The van der Waals surface area contributed by atoms with Crippen LogP contribution in [0.15, 0.2) is 42.7 Å². The number of anilines is 1. The average molecular weight is 397 g/mol. The molecule has 0 saturated heterocycles. The zero-order chi connectivity index (χ0) is 20.8. The number of carbonyl (C=O) groups is 2. The van der Waals surface area contributed by atoms with E-state index in [-0.39, 0.29) is 12.6 Å². The lowest BCUT2D eigenvalue weighted by Gasteiger charge is -2.14. The van der Waals surface area contributed by atoms with Crippen molar-refractivity contribution >= 4 is 28.7 Å². The molecule has 3 rings (SSSR count). The number of nitrogens with zero attached hydrogens (tertiary/aromatic N) is 2. The fourth-order valence-corrected chi connectivity index (χ4v) is 2.90. The van der Waals surface area contributed by atoms with Crippen LogP contribution in [0.2, 0.25) is 0 Å². The number of aromatic nitrogens is 2. The van der Waals surface area contributed by atoms with Crippen LogP contribution < -0.4 is 16.0 Å². The van der Waals surface area contributed by atoms with Crippen molar-refractivity contribution in [3.05, 3.63) is 54.2 Å². The zero-order valence-corrected chi connectivity index (χ0v) is 16.0. The highest BCUT2D eigenvalue weighted by molar-refractivity contribution is 6.00. The van der Waals surface area contributed by atoms with Gasteiger partial charge in [-0.25, -0.2) is 19.6 Å². The molecule has 0 saturated carbocycles. The van der Waals surface area contributed by atoms with Crippen molar-refractivity contribution in [1.82, 2.24) is 20.6 Å². The molecule has 8 nitrogen and oxygen atoms in total. The molecular weight excluding hydrogens is 377 g/mol. The van der Waals surface area contributed by atoms with Crippen LogP contribution in [-0.2, 0) is 11.3 Å². The Morgan fingerprint density at radius 2 is 1.93 bits per heavy atom. The van der Waals surface area contributed by atoms with Gasteiger partial charge in [0.05, 0.1) is 7.11 Å². The highest BCUT2D eigenvalue weighted by atomic mass is 19.1. The molecule has 2 aromatic heterocycles. The van der Waals surface area contributed by atoms with Crippen LogP contribution in [0.25, 0.3) is 21.9 Å². The van der Waals surface area contributed by atoms with Gasteiger partial charge in [0.1, 0.15) is 5.82 Å². The molecule has 0 fully saturated rings. The van der Waals surface area contributed by atoms with Gasteiger partial charge in [-0.3, -0.25) is 5.32 Å². The summed E-state index contributed by atoms with van der Waals surface area (Å²) in [6, 6.07) is 8.01. The molecule has 0 aliphatic rings. The first-order valence-electron chi connectivity index (χ1n) is 8.92. The molecule has 3 aromatic rings. The molecule has 0 atom stereocenters. The Morgan fingerprint density at radius 1 is 1.10 bits per heavy atom. The lowest BCUT2D eigenvalue weighted by molar-refractivity contribution is 0.170. The molecule has 0 spiro atoms. The van der Waals surface area contributed by atoms with Gasteiger partial charge in [-0.1, -0.05) is 12.1 Å². The predicted octanol–water partition coefficient (Wildman–Crippen LogP) is 3.43. The van der Waals surface area contributed by atoms with E-state index in [1.54, 1.807) is 18.3 Å². The molecule has 3 amide bonds. The summed E-state index contributed by atoms with van der Waals surface area (Å²) in [4.78, 5) is 31.2. The summed E-state index contributed by atoms with van der Waals surface area (Å²) in [6.45, 7) is 2.51. The van der Waals surface area contributed by atoms with Crippen molar-refractivity contribution in [2.75, 3.05) is 19.0 Å². The van der Waals surface area contributed by atoms with Gasteiger partial charge in [-0.2, -0.15) is 4.39 Å². The third kappa shape index (κ3) is 4.75. The summed E-state index contributed by atoms with van der Waals surface area (Å²) < 4.78 is 18.3. The van der Waals surface area contributed by atoms with Crippen LogP contribution in [0.4, 0.5) is 19.8 Å². The molecule has 3 N–H and O–H groups in total. The molecule has 150 valence electrons. The summed E-state index contributed by atoms with van der Waals surface area (Å²) in [5, 5.41) is 9.42. The first-order valence-corrected chi connectivity index (χ1v) is 8.92. The summed E-state index contributed by atoms with van der Waals surface area (Å²) in [5.74, 6) is -0.251. The van der Waals surface area contributed by atoms with Crippen LogP contribution in [0, 0.1) is 5.95 Å². The van der Waals surface area contributed by atoms with Crippen LogP contribution in [-0.4, -0.2) is 35.7 Å². The number of hydrogen-bond acceptors (Lipinski definition) is 5. The first kappa shape index (κ1) is 20.0. The predicted molar refractivity (Wildman–Crippen MR) is 107 cm³/mol. The van der Waals surface area contributed by atoms with E-state index in [9.17, 15) is 14.0 Å². The van der Waals surface area contributed by atoms with Crippen LogP contribution in [0.5, 0.6) is 0 Å². The summed E-state index contributed by atoms with van der Waals surface area (Å²) >= 11 is 0. The fourth-order valence-electron chi connectivity index (χ4n) is 2.90. The number of rotatable bonds is 5. The number of halogens is 1. The van der Waals surface area contributed by atoms with E-state index in [0.29, 0.717) is 17.9 Å². The molecule has 2 heterocycles. The van der Waals surface area contributed by atoms with Gasteiger partial charge in [0.2, 0.25) is 5.95 Å². The third-order valence-electron chi connectivity index (χ3n) is 4.22. The molecule has 0 radical (unpaired) electrons. The molecule has 0 aliphatic carbocycles. The van der Waals surface area contributed by atoms with Crippen LogP contribution in [0.3, 0.4) is 0 Å². The number of carbonyl (C=O) groups excluding carboxylic acids is 2. The quantitative estimate of drug-likeness (QED) is 0.572. The number of methoxy groups -OCH3 is 1. The fraction of sp³-hybridized carbons (Fsp3) is 0.200. The van der Waals surface area contributed by atoms with E-state index < -0.39 is 12.0 Å². The van der Waals surface area contributed by atoms with Gasteiger partial charge in [0.25, 0.3) is 0 Å². The van der Waals surface area contributed by atoms with Crippen molar-refractivity contribution < 1.29 is 18.7 Å². The molecular formula is C20H20FN5O3. The Labute approximate surface area is 166 Å². The number of hydrogen-bond donors (Lipinski definition) is 3. The van der Waals surface area contributed by atoms with Gasteiger partial charge in [0, 0.05) is 36.9 Å². The van der Waals surface area contributed by atoms with Crippen molar-refractivity contribution in [2.45, 2.75) is 13.5 Å². The lowest BCUT2D eigenvalue weighted by atomic mass is 9.96. The minimum absolute atomic E-state index is 0.221. The molecule has 0 unspecified atom stereocenters. The maximum atomic E-state index is 13.7. The standard InChI is InChI=1S/C20H20FN5O3/c1-3-22-19(27)26-18-9-15-14(12-6-7-23-17(21)8-12)5-4-13(16(15)11-24-18)10-25-20(28)29-2/h4-9,11H,3,10H2,1-2H3,(H,25,28)(H2,22,24,26,27). The van der Waals surface area contributed by atoms with Crippen molar-refractivity contribution in [3.63, 3.8) is 0 Å². The highest BCUT2D eigenvalue weighted by Gasteiger charge is 2.12. The normalized spacial score (nSPS) is 10.4. The topological polar surface area (TPSA) is 105 Å². The molecule has 29 heavy (non-hydrogen) atoms. The van der Waals surface area contributed by atoms with Gasteiger partial charge in [0.15, 0.2) is 0 Å². The van der Waals surface area contributed by atoms with Gasteiger partial charge >= 0.3 is 12.1 Å². The van der Waals surface area contributed by atoms with Crippen molar-refractivity contribution in [2.24, 2.45) is 0 Å². The number of amides is 3. The molecule has 9 heteroatoms. The van der Waals surface area contributed by atoms with Gasteiger partial charge in [-0.05, 0) is 41.1 Å². The monoisotopic (exact) mass is 397 g/mol. The third-order valence-corrected chi connectivity index (χ3v) is 4.22. The maximum absolute atomic E-state index is 13.7. The van der Waals surface area contributed by atoms with E-state index in [1.165, 1.54) is 19.4 Å². The largest absolute Gasteiger partial charge is 0.453 e. The summed E-state index contributed by atoms with van der Waals surface area (Å²) in [6.07, 6.45) is 2.44. The highest BCUT2D eigenvalue weighted by Crippen LogP contribution is 2.32. The van der Waals surface area contributed by atoms with E-state index in [1.807, 2.05) is 19.1 Å². The second-order valence-electron chi connectivity index (χ2n) is 6.08. The Bertz CT molecular complexity index is 1060. The number of pyridine rings is 2. The number of ether oxygens (including phenoxy) is 1. The average Bonchev–Trinajstić information content (AvgIpc) is 2.71. The van der Waals surface area contributed by atoms with Gasteiger partial charge in [-0.15, -0.1) is 0 Å². The number of nitrogens with one attached hydrogen (secondary N) is 3. The molecule has 1 aromatic carbocycles. The van der Waals surface area contributed by atoms with E-state index >= 15 is 0 Å². The lowest BCUT2D eigenvalue weighted by Crippen LogP contribution is -2.28. The number of urea groups is 1. The molecule has 0 bridgehead atoms. The van der Waals surface area contributed by atoms with E-state index in [0.717, 1.165) is 21.9 Å². The number of alkyl carbamates (subject to hydrolysis) is 1. The Kier molecular flexibility index (Phi) is 6.18. The second kappa shape index (κ2) is 8.96. The maximum Gasteiger partial charge on any atom is 0.407 e. The Hall–Kier alpha value is -3.75. The van der Waals surface area contributed by atoms with Crippen molar-refractivity contribution in [3.8, 4) is 11.1 Å². The van der Waals surface area contributed by atoms with E-state index in [4.69, 9.17) is 0 Å². The van der Waals surface area contributed by atoms with Crippen LogP contribution >= 0.6 is 0 Å². The Balaban J connectivity index is 2.08. The summed E-state index contributed by atoms with van der Waals surface area (Å²) in [5.41, 5.74) is 2.16. The zero-order valence-electron chi connectivity index (χ0n) is 16.0. The SMILES string of the molecule is CCNC(=O)Nc1cc2c(-c3ccnc(F)c3)ccc(CNC(=O)OC)c2cn1. The minimum atomic E-state index is -0.596. The first-order chi connectivity index (χ1) is 14.0. The number of fused-ring (bicyclic) bond motifs is 1. The second-order valence-corrected chi connectivity index (χ2v) is 6.08. The smallest absolute Gasteiger partial charge is 0.407 e. The number of benzene rings is 1. The minimum Gasteiger partial charge on any atom is -0.453 e. The van der Waals surface area contributed by atoms with Crippen LogP contribution in [0.1, 0.15) is 12.5 Å². The van der Waals surface area contributed by atoms with E-state index in [2.05, 4.69) is 30.7 Å².